The van der Waals surface area contributed by atoms with Crippen LogP contribution in [0.25, 0.3) is 0 Å². The summed E-state index contributed by atoms with van der Waals surface area (Å²) in [5.41, 5.74) is 19.1. The molecule has 134 valence electrons. The van der Waals surface area contributed by atoms with Crippen LogP contribution in [0, 0.1) is 20.8 Å². The molecule has 1 heterocycles. The zero-order chi connectivity index (χ0) is 19.1. The molecular weight excluding hydrogens is 346 g/mol. The number of fused-ring (bicyclic) bond motifs is 2. The molecule has 3 aromatic rings. The molecule has 1 aliphatic heterocycles. The van der Waals surface area contributed by atoms with Crippen LogP contribution in [-0.4, -0.2) is 20.8 Å². The molecule has 27 heavy (non-hydrogen) atoms. The van der Waals surface area contributed by atoms with E-state index in [0.29, 0.717) is 0 Å². The highest BCUT2D eigenvalue weighted by Crippen LogP contribution is 2.33. The van der Waals surface area contributed by atoms with Crippen molar-refractivity contribution >= 4 is 65.4 Å². The van der Waals surface area contributed by atoms with Crippen LogP contribution >= 0.6 is 11.9 Å². The van der Waals surface area contributed by atoms with E-state index in [1.807, 2.05) is 0 Å². The van der Waals surface area contributed by atoms with Gasteiger partial charge in [0.1, 0.15) is 0 Å². The van der Waals surface area contributed by atoms with Crippen molar-refractivity contribution < 1.29 is 0 Å². The minimum Gasteiger partial charge on any atom is -0.399 e. The molecule has 0 bridgehead atoms. The summed E-state index contributed by atoms with van der Waals surface area (Å²) in [6.45, 7) is 6.59. The van der Waals surface area contributed by atoms with E-state index >= 15 is 0 Å². The van der Waals surface area contributed by atoms with E-state index in [9.17, 15) is 0 Å². The molecule has 4 rings (SSSR count). The lowest BCUT2D eigenvalue weighted by atomic mass is 9.55. The number of nitrogens with zero attached hydrogens (tertiary/aromatic N) is 1. The summed E-state index contributed by atoms with van der Waals surface area (Å²) in [5, 5.41) is 0. The summed E-state index contributed by atoms with van der Waals surface area (Å²) in [5.74, 6) is 0. The van der Waals surface area contributed by atoms with E-state index in [2.05, 4.69) is 79.9 Å². The van der Waals surface area contributed by atoms with Gasteiger partial charge in [-0.15, -0.1) is 0 Å². The van der Waals surface area contributed by atoms with Crippen molar-refractivity contribution in [2.24, 2.45) is 0 Å². The van der Waals surface area contributed by atoms with Gasteiger partial charge >= 0.3 is 0 Å². The summed E-state index contributed by atoms with van der Waals surface area (Å²) in [7, 11) is 1.95. The van der Waals surface area contributed by atoms with Gasteiger partial charge in [-0.1, -0.05) is 68.9 Å². The van der Waals surface area contributed by atoms with Crippen molar-refractivity contribution in [1.29, 1.82) is 0 Å². The first kappa shape index (κ1) is 18.1. The molecule has 0 atom stereocenters. The maximum Gasteiger partial charge on any atom is 0.198 e. The molecule has 0 spiro atoms. The Bertz CT molecular complexity index is 1030. The molecule has 1 aliphatic rings. The van der Waals surface area contributed by atoms with Gasteiger partial charge in [0.15, 0.2) is 14.6 Å². The first-order valence-corrected chi connectivity index (χ1v) is 10.6. The normalized spacial score (nSPS) is 12.2. The SMILES string of the molecule is CSN1c2cc(C)c(Bc3ccccc3C)cc2Bc2c(C)cc(N)cc21. The Morgan fingerprint density at radius 2 is 1.67 bits per heavy atom. The summed E-state index contributed by atoms with van der Waals surface area (Å²) >= 11 is 1.75. The molecule has 0 radical (unpaired) electrons. The number of hydrogen-bond acceptors (Lipinski definition) is 3. The van der Waals surface area contributed by atoms with Crippen LogP contribution in [0.5, 0.6) is 0 Å². The molecule has 0 amide bonds. The molecule has 2 nitrogen and oxygen atoms in total. The molecule has 0 aliphatic carbocycles. The van der Waals surface area contributed by atoms with E-state index < -0.39 is 0 Å². The van der Waals surface area contributed by atoms with Crippen LogP contribution in [0.1, 0.15) is 16.7 Å². The van der Waals surface area contributed by atoms with Crippen molar-refractivity contribution in [1.82, 2.24) is 0 Å². The molecule has 0 saturated heterocycles. The molecule has 0 fully saturated rings. The second-order valence-corrected chi connectivity index (χ2v) is 8.23. The third-order valence-electron chi connectivity index (χ3n) is 5.64. The highest BCUT2D eigenvalue weighted by Gasteiger charge is 2.26. The number of rotatable bonds is 3. The van der Waals surface area contributed by atoms with Gasteiger partial charge in [-0.25, -0.2) is 0 Å². The summed E-state index contributed by atoms with van der Waals surface area (Å²) in [6, 6.07) is 17.6. The number of anilines is 3. The predicted molar refractivity (Wildman–Crippen MR) is 126 cm³/mol. The predicted octanol–water partition coefficient (Wildman–Crippen LogP) is 1.70. The monoisotopic (exact) mass is 370 g/mol. The minimum atomic E-state index is 0.835. The van der Waals surface area contributed by atoms with Crippen molar-refractivity contribution in [2.45, 2.75) is 20.8 Å². The molecule has 0 unspecified atom stereocenters. The van der Waals surface area contributed by atoms with Crippen molar-refractivity contribution in [3.63, 3.8) is 0 Å². The van der Waals surface area contributed by atoms with Gasteiger partial charge < -0.3 is 5.73 Å². The van der Waals surface area contributed by atoms with E-state index in [1.165, 1.54) is 49.9 Å². The van der Waals surface area contributed by atoms with Gasteiger partial charge in [-0.2, -0.15) is 0 Å². The van der Waals surface area contributed by atoms with Crippen LogP contribution in [0.4, 0.5) is 17.1 Å². The lowest BCUT2D eigenvalue weighted by Crippen LogP contribution is -2.43. The first-order valence-electron chi connectivity index (χ1n) is 9.38. The fraction of sp³-hybridized carbons (Fsp3) is 0.182. The van der Waals surface area contributed by atoms with Crippen molar-refractivity contribution in [3.8, 4) is 0 Å². The van der Waals surface area contributed by atoms with Crippen LogP contribution in [0.15, 0.2) is 48.5 Å². The number of aryl methyl sites for hydroxylation is 3. The first-order chi connectivity index (χ1) is 13.0. The Kier molecular flexibility index (Phi) is 4.73. The Hall–Kier alpha value is -2.26. The van der Waals surface area contributed by atoms with Gasteiger partial charge in [-0.05, 0) is 50.9 Å². The molecule has 5 heteroatoms. The standard InChI is InChI=1S/C22H24B2N2S/c1-13-7-5-6-8-17(13)23-18-12-19-20(10-14(18)2)26(27-4)21-11-16(25)9-15(3)22(21)24-19/h5-12,23-24H,25H2,1-4H3. The summed E-state index contributed by atoms with van der Waals surface area (Å²) in [4.78, 5) is 0. The summed E-state index contributed by atoms with van der Waals surface area (Å²) in [6.07, 6.45) is 2.13. The zero-order valence-electron chi connectivity index (χ0n) is 16.5. The van der Waals surface area contributed by atoms with Crippen molar-refractivity contribution in [3.05, 3.63) is 65.2 Å². The fourth-order valence-electron chi connectivity index (χ4n) is 4.08. The summed E-state index contributed by atoms with van der Waals surface area (Å²) < 4.78 is 2.34. The molecule has 0 aromatic heterocycles. The van der Waals surface area contributed by atoms with E-state index in [0.717, 1.165) is 20.2 Å². The van der Waals surface area contributed by atoms with E-state index in [-0.39, 0.29) is 0 Å². The van der Waals surface area contributed by atoms with E-state index in [4.69, 9.17) is 5.73 Å². The van der Waals surface area contributed by atoms with Crippen LogP contribution < -0.4 is 31.9 Å². The third kappa shape index (κ3) is 3.25. The Morgan fingerprint density at radius 1 is 0.889 bits per heavy atom. The highest BCUT2D eigenvalue weighted by atomic mass is 32.2. The van der Waals surface area contributed by atoms with Gasteiger partial charge in [0.25, 0.3) is 0 Å². The number of benzene rings is 3. The Labute approximate surface area is 167 Å². The number of nitrogen functional groups attached to an aromatic ring is 1. The average molecular weight is 370 g/mol. The number of nitrogens with two attached hydrogens (primary N) is 1. The largest absolute Gasteiger partial charge is 0.399 e. The molecule has 3 aromatic carbocycles. The Morgan fingerprint density at radius 3 is 2.41 bits per heavy atom. The van der Waals surface area contributed by atoms with Crippen LogP contribution in [-0.2, 0) is 0 Å². The van der Waals surface area contributed by atoms with E-state index in [1.54, 1.807) is 11.9 Å². The van der Waals surface area contributed by atoms with Crippen molar-refractivity contribution in [2.75, 3.05) is 16.3 Å². The second kappa shape index (κ2) is 7.05. The highest BCUT2D eigenvalue weighted by molar-refractivity contribution is 8.00. The maximum absolute atomic E-state index is 6.14. The zero-order valence-corrected chi connectivity index (χ0v) is 17.3. The molecular formula is C22H24B2N2S. The van der Waals surface area contributed by atoms with Gasteiger partial charge in [0.2, 0.25) is 0 Å². The van der Waals surface area contributed by atoms with Crippen LogP contribution in [0.2, 0.25) is 0 Å². The van der Waals surface area contributed by atoms with Gasteiger partial charge in [0, 0.05) is 23.3 Å². The van der Waals surface area contributed by atoms with Gasteiger partial charge in [0.05, 0.1) is 0 Å². The molecule has 2 N–H and O–H groups in total. The quantitative estimate of drug-likeness (QED) is 0.433. The van der Waals surface area contributed by atoms with Crippen LogP contribution in [0.3, 0.4) is 0 Å². The van der Waals surface area contributed by atoms with Gasteiger partial charge in [-0.3, -0.25) is 4.31 Å². The topological polar surface area (TPSA) is 29.3 Å². The molecule has 0 saturated carbocycles. The lowest BCUT2D eigenvalue weighted by Gasteiger charge is -2.33. The average Bonchev–Trinajstić information content (AvgIpc) is 2.63. The lowest BCUT2D eigenvalue weighted by molar-refractivity contribution is 1.40. The Balaban J connectivity index is 1.80. The maximum atomic E-state index is 6.14. The number of hydrogen-bond donors (Lipinski definition) is 1. The minimum absolute atomic E-state index is 0.835. The fourth-order valence-corrected chi connectivity index (χ4v) is 4.80. The third-order valence-corrected chi connectivity index (χ3v) is 6.40. The second-order valence-electron chi connectivity index (χ2n) is 7.50. The smallest absolute Gasteiger partial charge is 0.198 e.